The Labute approximate surface area is 142 Å². The molecule has 0 saturated carbocycles. The molecular formula is C16H17FIN3O. The smallest absolute Gasteiger partial charge is 0.171 e. The lowest BCUT2D eigenvalue weighted by atomic mass is 10.0. The highest BCUT2D eigenvalue weighted by Crippen LogP contribution is 2.31. The number of allylic oxidation sites excluding steroid dienone is 1. The summed E-state index contributed by atoms with van der Waals surface area (Å²) in [4.78, 5) is 0. The van der Waals surface area contributed by atoms with Crippen molar-refractivity contribution in [2.45, 2.75) is 20.3 Å². The zero-order chi connectivity index (χ0) is 16.1. The Hall–Kier alpha value is -1.70. The van der Waals surface area contributed by atoms with E-state index in [1.807, 2.05) is 20.0 Å². The first-order chi connectivity index (χ1) is 10.6. The Bertz CT molecular complexity index is 709. The van der Waals surface area contributed by atoms with Crippen molar-refractivity contribution in [1.29, 1.82) is 5.41 Å². The molecule has 0 aliphatic carbocycles. The highest BCUT2D eigenvalue weighted by molar-refractivity contribution is 14.1. The number of rotatable bonds is 6. The van der Waals surface area contributed by atoms with Gasteiger partial charge in [0.15, 0.2) is 5.76 Å². The number of nitrogens with one attached hydrogen (secondary N) is 2. The van der Waals surface area contributed by atoms with Crippen LogP contribution in [-0.2, 0) is 6.42 Å². The minimum Gasteiger partial charge on any atom is -0.391 e. The van der Waals surface area contributed by atoms with E-state index in [1.54, 1.807) is 6.07 Å². The molecule has 0 spiro atoms. The molecule has 0 unspecified atom stereocenters. The zero-order valence-electron chi connectivity index (χ0n) is 12.4. The van der Waals surface area contributed by atoms with Crippen LogP contribution in [0.5, 0.6) is 0 Å². The van der Waals surface area contributed by atoms with Gasteiger partial charge in [-0.1, -0.05) is 5.16 Å². The molecule has 0 fully saturated rings. The first-order valence-electron chi connectivity index (χ1n) is 6.90. The van der Waals surface area contributed by atoms with E-state index in [4.69, 9.17) is 9.93 Å². The Morgan fingerprint density at radius 2 is 2.27 bits per heavy atom. The molecule has 4 nitrogen and oxygen atoms in total. The molecule has 2 N–H and O–H groups in total. The van der Waals surface area contributed by atoms with Crippen LogP contribution in [-0.4, -0.2) is 17.9 Å². The summed E-state index contributed by atoms with van der Waals surface area (Å²) < 4.78 is 19.5. The first-order valence-corrected chi connectivity index (χ1v) is 7.98. The van der Waals surface area contributed by atoms with E-state index in [-0.39, 0.29) is 5.82 Å². The molecule has 0 aliphatic rings. The van der Waals surface area contributed by atoms with Crippen LogP contribution in [0, 0.1) is 21.7 Å². The minimum atomic E-state index is -0.279. The molecule has 0 atom stereocenters. The fourth-order valence-electron chi connectivity index (χ4n) is 2.06. The van der Waals surface area contributed by atoms with Crippen molar-refractivity contribution in [1.82, 2.24) is 10.5 Å². The van der Waals surface area contributed by atoms with Crippen LogP contribution < -0.4 is 5.32 Å². The average molecular weight is 413 g/mol. The second-order valence-corrected chi connectivity index (χ2v) is 5.96. The molecule has 0 aliphatic heterocycles. The number of aromatic nitrogens is 1. The second-order valence-electron chi connectivity index (χ2n) is 4.80. The molecule has 2 aromatic rings. The Morgan fingerprint density at radius 1 is 1.50 bits per heavy atom. The molecule has 22 heavy (non-hydrogen) atoms. The number of hydrogen-bond donors (Lipinski definition) is 2. The molecule has 0 saturated heterocycles. The standard InChI is InChI=1S/C16H17FIN3O/c1-3-20-9-11(8-19)6-14-10(2)21-22-16(14)13-5-4-12(17)7-15(13)18/h4-5,7-9,19-20H,3,6H2,1-2H3/b11-9-,19-8?. The van der Waals surface area contributed by atoms with Crippen molar-refractivity contribution >= 4 is 28.8 Å². The summed E-state index contributed by atoms with van der Waals surface area (Å²) in [6.07, 6.45) is 3.67. The van der Waals surface area contributed by atoms with Crippen LogP contribution in [0.3, 0.4) is 0 Å². The lowest BCUT2D eigenvalue weighted by Gasteiger charge is -2.06. The van der Waals surface area contributed by atoms with Crippen LogP contribution in [0.1, 0.15) is 18.2 Å². The fraction of sp³-hybridized carbons (Fsp3) is 0.250. The predicted octanol–water partition coefficient (Wildman–Crippen LogP) is 4.08. The summed E-state index contributed by atoms with van der Waals surface area (Å²) in [7, 11) is 0. The van der Waals surface area contributed by atoms with Crippen molar-refractivity contribution < 1.29 is 8.91 Å². The van der Waals surface area contributed by atoms with Crippen molar-refractivity contribution in [3.8, 4) is 11.3 Å². The van der Waals surface area contributed by atoms with E-state index in [9.17, 15) is 4.39 Å². The summed E-state index contributed by atoms with van der Waals surface area (Å²) in [5, 5.41) is 14.6. The van der Waals surface area contributed by atoms with Gasteiger partial charge in [-0.25, -0.2) is 4.39 Å². The normalized spacial score (nSPS) is 11.5. The van der Waals surface area contributed by atoms with Crippen molar-refractivity contribution in [3.05, 3.63) is 50.6 Å². The second kappa shape index (κ2) is 7.53. The maximum atomic E-state index is 13.3. The van der Waals surface area contributed by atoms with Gasteiger partial charge in [-0.3, -0.25) is 0 Å². The third kappa shape index (κ3) is 3.73. The summed E-state index contributed by atoms with van der Waals surface area (Å²) >= 11 is 2.08. The molecule has 0 amide bonds. The van der Waals surface area contributed by atoms with Gasteiger partial charge in [0.1, 0.15) is 5.82 Å². The minimum absolute atomic E-state index is 0.279. The highest BCUT2D eigenvalue weighted by atomic mass is 127. The van der Waals surface area contributed by atoms with Gasteiger partial charge in [-0.05, 0) is 60.2 Å². The fourth-order valence-corrected chi connectivity index (χ4v) is 2.79. The maximum absolute atomic E-state index is 13.3. The van der Waals surface area contributed by atoms with E-state index in [0.29, 0.717) is 12.2 Å². The lowest BCUT2D eigenvalue weighted by molar-refractivity contribution is 0.426. The largest absolute Gasteiger partial charge is 0.391 e. The molecule has 1 heterocycles. The Morgan fingerprint density at radius 3 is 2.91 bits per heavy atom. The monoisotopic (exact) mass is 413 g/mol. The SMILES string of the molecule is CCN/C=C(\C=N)Cc1c(C)noc1-c1ccc(F)cc1I. The summed E-state index contributed by atoms with van der Waals surface area (Å²) in [5.41, 5.74) is 3.33. The van der Waals surface area contributed by atoms with Gasteiger partial charge >= 0.3 is 0 Å². The average Bonchev–Trinajstić information content (AvgIpc) is 2.84. The van der Waals surface area contributed by atoms with Crippen LogP contribution in [0.15, 0.2) is 34.5 Å². The van der Waals surface area contributed by atoms with E-state index < -0.39 is 0 Å². The summed E-state index contributed by atoms with van der Waals surface area (Å²) in [6.45, 7) is 4.66. The van der Waals surface area contributed by atoms with E-state index >= 15 is 0 Å². The van der Waals surface area contributed by atoms with Gasteiger partial charge < -0.3 is 15.2 Å². The molecule has 2 rings (SSSR count). The van der Waals surface area contributed by atoms with Gasteiger partial charge in [-0.2, -0.15) is 0 Å². The van der Waals surface area contributed by atoms with Crippen LogP contribution in [0.4, 0.5) is 4.39 Å². The van der Waals surface area contributed by atoms with Gasteiger partial charge in [0.05, 0.1) is 5.69 Å². The molecule has 1 aromatic carbocycles. The van der Waals surface area contributed by atoms with Gasteiger partial charge in [0.25, 0.3) is 0 Å². The van der Waals surface area contributed by atoms with Crippen LogP contribution in [0.2, 0.25) is 0 Å². The van der Waals surface area contributed by atoms with E-state index in [1.165, 1.54) is 18.3 Å². The lowest BCUT2D eigenvalue weighted by Crippen LogP contribution is -2.06. The predicted molar refractivity (Wildman–Crippen MR) is 93.6 cm³/mol. The molecule has 116 valence electrons. The Balaban J connectivity index is 2.41. The van der Waals surface area contributed by atoms with Crippen molar-refractivity contribution in [2.24, 2.45) is 0 Å². The third-order valence-corrected chi connectivity index (χ3v) is 4.11. The van der Waals surface area contributed by atoms with Gasteiger partial charge in [-0.15, -0.1) is 0 Å². The molecule has 0 radical (unpaired) electrons. The van der Waals surface area contributed by atoms with Crippen LogP contribution >= 0.6 is 22.6 Å². The molecule has 0 bridgehead atoms. The number of nitrogens with zero attached hydrogens (tertiary/aromatic N) is 1. The number of benzene rings is 1. The van der Waals surface area contributed by atoms with Crippen molar-refractivity contribution in [3.63, 3.8) is 0 Å². The number of halogens is 2. The number of aryl methyl sites for hydroxylation is 1. The first kappa shape index (κ1) is 16.7. The number of hydrogen-bond acceptors (Lipinski definition) is 4. The third-order valence-electron chi connectivity index (χ3n) is 3.22. The molecule has 6 heteroatoms. The maximum Gasteiger partial charge on any atom is 0.171 e. The van der Waals surface area contributed by atoms with E-state index in [0.717, 1.165) is 32.5 Å². The van der Waals surface area contributed by atoms with Gasteiger partial charge in [0.2, 0.25) is 0 Å². The van der Waals surface area contributed by atoms with Gasteiger partial charge in [0, 0.05) is 40.1 Å². The topological polar surface area (TPSA) is 61.9 Å². The quantitative estimate of drug-likeness (QED) is 0.554. The van der Waals surface area contributed by atoms with Crippen LogP contribution in [0.25, 0.3) is 11.3 Å². The highest BCUT2D eigenvalue weighted by Gasteiger charge is 2.18. The summed E-state index contributed by atoms with van der Waals surface area (Å²) in [6, 6.07) is 4.56. The molecular weight excluding hydrogens is 396 g/mol. The van der Waals surface area contributed by atoms with Crippen molar-refractivity contribution in [2.75, 3.05) is 6.54 Å². The zero-order valence-corrected chi connectivity index (χ0v) is 14.6. The summed E-state index contributed by atoms with van der Waals surface area (Å²) in [5.74, 6) is 0.351. The Kier molecular flexibility index (Phi) is 5.70. The molecule has 1 aromatic heterocycles. The van der Waals surface area contributed by atoms with E-state index in [2.05, 4.69) is 33.1 Å².